The number of rotatable bonds is 4. The van der Waals surface area contributed by atoms with Gasteiger partial charge in [-0.25, -0.2) is 8.42 Å². The van der Waals surface area contributed by atoms with Crippen molar-refractivity contribution in [2.75, 3.05) is 44.8 Å². The van der Waals surface area contributed by atoms with Crippen LogP contribution in [0.4, 0.5) is 0 Å². The summed E-state index contributed by atoms with van der Waals surface area (Å²) in [7, 11) is -1.23. The largest absolute Gasteiger partial charge is 0.497 e. The summed E-state index contributed by atoms with van der Waals surface area (Å²) in [5.74, 6) is 1.48. The van der Waals surface area contributed by atoms with Gasteiger partial charge in [-0.3, -0.25) is 9.69 Å². The molecule has 2 heterocycles. The first-order chi connectivity index (χ1) is 11.5. The van der Waals surface area contributed by atoms with E-state index in [2.05, 4.69) is 4.90 Å². The van der Waals surface area contributed by atoms with Crippen molar-refractivity contribution < 1.29 is 17.9 Å². The molecule has 2 fully saturated rings. The summed E-state index contributed by atoms with van der Waals surface area (Å²) >= 11 is 0. The Hall–Kier alpha value is -1.60. The molecule has 7 heteroatoms. The molecule has 0 N–H and O–H groups in total. The van der Waals surface area contributed by atoms with Gasteiger partial charge in [0.25, 0.3) is 0 Å². The van der Waals surface area contributed by atoms with Crippen LogP contribution < -0.4 is 4.74 Å². The fourth-order valence-electron chi connectivity index (χ4n) is 3.43. The molecule has 6 nitrogen and oxygen atoms in total. The van der Waals surface area contributed by atoms with Gasteiger partial charge in [0, 0.05) is 32.2 Å². The van der Waals surface area contributed by atoms with Crippen LogP contribution in [-0.2, 0) is 21.1 Å². The predicted octanol–water partition coefficient (Wildman–Crippen LogP) is 0.569. The zero-order valence-corrected chi connectivity index (χ0v) is 14.8. The van der Waals surface area contributed by atoms with Gasteiger partial charge in [-0.05, 0) is 24.1 Å². The Kier molecular flexibility index (Phi) is 5.10. The first kappa shape index (κ1) is 17.2. The molecule has 1 atom stereocenters. The van der Waals surface area contributed by atoms with E-state index >= 15 is 0 Å². The third-order valence-corrected chi connectivity index (χ3v) is 6.66. The Morgan fingerprint density at radius 1 is 1.17 bits per heavy atom. The second-order valence-electron chi connectivity index (χ2n) is 6.50. The number of piperazine rings is 1. The molecule has 0 aromatic heterocycles. The first-order valence-corrected chi connectivity index (χ1v) is 10.1. The van der Waals surface area contributed by atoms with Crippen molar-refractivity contribution in [1.29, 1.82) is 0 Å². The van der Waals surface area contributed by atoms with Gasteiger partial charge >= 0.3 is 0 Å². The molecule has 1 aromatic carbocycles. The van der Waals surface area contributed by atoms with Crippen molar-refractivity contribution in [3.8, 4) is 5.75 Å². The van der Waals surface area contributed by atoms with Crippen molar-refractivity contribution in [2.24, 2.45) is 0 Å². The zero-order valence-electron chi connectivity index (χ0n) is 14.0. The number of nitrogens with zero attached hydrogens (tertiary/aromatic N) is 2. The summed E-state index contributed by atoms with van der Waals surface area (Å²) in [5.41, 5.74) is 0.977. The average molecular weight is 352 g/mol. The molecule has 2 saturated heterocycles. The first-order valence-electron chi connectivity index (χ1n) is 8.32. The van der Waals surface area contributed by atoms with E-state index in [1.165, 1.54) is 0 Å². The second kappa shape index (κ2) is 7.11. The van der Waals surface area contributed by atoms with E-state index in [0.29, 0.717) is 25.3 Å². The van der Waals surface area contributed by atoms with E-state index in [0.717, 1.165) is 30.8 Å². The van der Waals surface area contributed by atoms with Crippen LogP contribution in [0.5, 0.6) is 5.75 Å². The SMILES string of the molecule is COc1ccc(CC(=O)N2CCN(C3CCS(=O)(=O)C3)CC2)cc1. The van der Waals surface area contributed by atoms with Crippen molar-refractivity contribution >= 4 is 15.7 Å². The third-order valence-electron chi connectivity index (χ3n) is 4.91. The Balaban J connectivity index is 1.49. The lowest BCUT2D eigenvalue weighted by atomic mass is 10.1. The van der Waals surface area contributed by atoms with Crippen LogP contribution in [0.3, 0.4) is 0 Å². The number of carbonyl (C=O) groups excluding carboxylic acids is 1. The van der Waals surface area contributed by atoms with Crippen LogP contribution in [0.1, 0.15) is 12.0 Å². The quantitative estimate of drug-likeness (QED) is 0.793. The van der Waals surface area contributed by atoms with Crippen LogP contribution in [0.2, 0.25) is 0 Å². The van der Waals surface area contributed by atoms with Crippen LogP contribution in [0, 0.1) is 0 Å². The van der Waals surface area contributed by atoms with Crippen molar-refractivity contribution in [2.45, 2.75) is 18.9 Å². The number of hydrogen-bond acceptors (Lipinski definition) is 5. The van der Waals surface area contributed by atoms with Crippen LogP contribution >= 0.6 is 0 Å². The van der Waals surface area contributed by atoms with Gasteiger partial charge in [-0.1, -0.05) is 12.1 Å². The van der Waals surface area contributed by atoms with E-state index in [1.54, 1.807) is 7.11 Å². The van der Waals surface area contributed by atoms with Crippen LogP contribution in [-0.4, -0.2) is 75.0 Å². The minimum atomic E-state index is -2.85. The van der Waals surface area contributed by atoms with Crippen LogP contribution in [0.15, 0.2) is 24.3 Å². The molecular formula is C17H24N2O4S. The van der Waals surface area contributed by atoms with Gasteiger partial charge in [-0.15, -0.1) is 0 Å². The number of amides is 1. The van der Waals surface area contributed by atoms with E-state index in [1.807, 2.05) is 29.2 Å². The topological polar surface area (TPSA) is 66.9 Å². The normalized spacial score (nSPS) is 24.0. The van der Waals surface area contributed by atoms with E-state index in [4.69, 9.17) is 4.74 Å². The Morgan fingerprint density at radius 3 is 2.38 bits per heavy atom. The fraction of sp³-hybridized carbons (Fsp3) is 0.588. The number of benzene rings is 1. The number of carbonyl (C=O) groups is 1. The minimum Gasteiger partial charge on any atom is -0.497 e. The Labute approximate surface area is 143 Å². The highest BCUT2D eigenvalue weighted by molar-refractivity contribution is 7.91. The van der Waals surface area contributed by atoms with E-state index in [9.17, 15) is 13.2 Å². The van der Waals surface area contributed by atoms with Gasteiger partial charge in [-0.2, -0.15) is 0 Å². The fourth-order valence-corrected chi connectivity index (χ4v) is 5.19. The molecule has 132 valence electrons. The minimum absolute atomic E-state index is 0.124. The number of ether oxygens (including phenoxy) is 1. The molecule has 0 bridgehead atoms. The number of methoxy groups -OCH3 is 1. The molecule has 24 heavy (non-hydrogen) atoms. The summed E-state index contributed by atoms with van der Waals surface area (Å²) in [6.45, 7) is 2.86. The van der Waals surface area contributed by atoms with Gasteiger partial charge in [0.05, 0.1) is 25.0 Å². The molecule has 1 amide bonds. The summed E-state index contributed by atoms with van der Waals surface area (Å²) in [5, 5.41) is 0. The molecular weight excluding hydrogens is 328 g/mol. The summed E-state index contributed by atoms with van der Waals surface area (Å²) in [6.07, 6.45) is 1.12. The predicted molar refractivity (Wildman–Crippen MR) is 91.9 cm³/mol. The highest BCUT2D eigenvalue weighted by Crippen LogP contribution is 2.19. The maximum atomic E-state index is 12.4. The third kappa shape index (κ3) is 4.08. The van der Waals surface area contributed by atoms with Gasteiger partial charge in [0.1, 0.15) is 5.75 Å². The molecule has 1 aromatic rings. The molecule has 0 saturated carbocycles. The lowest BCUT2D eigenvalue weighted by molar-refractivity contribution is -0.132. The maximum Gasteiger partial charge on any atom is 0.227 e. The molecule has 0 spiro atoms. The summed E-state index contributed by atoms with van der Waals surface area (Å²) in [6, 6.07) is 7.68. The average Bonchev–Trinajstić information content (AvgIpc) is 2.95. The van der Waals surface area contributed by atoms with Crippen molar-refractivity contribution in [3.05, 3.63) is 29.8 Å². The Bertz CT molecular complexity index is 679. The molecule has 1 unspecified atom stereocenters. The number of sulfone groups is 1. The monoisotopic (exact) mass is 352 g/mol. The Morgan fingerprint density at radius 2 is 1.83 bits per heavy atom. The zero-order chi connectivity index (χ0) is 17.2. The van der Waals surface area contributed by atoms with E-state index < -0.39 is 9.84 Å². The summed E-state index contributed by atoms with van der Waals surface area (Å²) < 4.78 is 28.3. The number of hydrogen-bond donors (Lipinski definition) is 0. The van der Waals surface area contributed by atoms with Crippen molar-refractivity contribution in [1.82, 2.24) is 9.80 Å². The lowest BCUT2D eigenvalue weighted by Crippen LogP contribution is -2.52. The second-order valence-corrected chi connectivity index (χ2v) is 8.73. The lowest BCUT2D eigenvalue weighted by Gasteiger charge is -2.37. The van der Waals surface area contributed by atoms with Crippen LogP contribution in [0.25, 0.3) is 0 Å². The van der Waals surface area contributed by atoms with E-state index in [-0.39, 0.29) is 17.7 Å². The summed E-state index contributed by atoms with van der Waals surface area (Å²) in [4.78, 5) is 16.5. The van der Waals surface area contributed by atoms with Crippen molar-refractivity contribution in [3.63, 3.8) is 0 Å². The standard InChI is InChI=1S/C17H24N2O4S/c1-23-16-4-2-14(3-5-16)12-17(20)19-9-7-18(8-10-19)15-6-11-24(21,22)13-15/h2-5,15H,6-13H2,1H3. The molecule has 2 aliphatic heterocycles. The molecule has 0 aliphatic carbocycles. The van der Waals surface area contributed by atoms with Gasteiger partial charge in [0.2, 0.25) is 5.91 Å². The van der Waals surface area contributed by atoms with Gasteiger partial charge in [0.15, 0.2) is 9.84 Å². The maximum absolute atomic E-state index is 12.4. The van der Waals surface area contributed by atoms with Gasteiger partial charge < -0.3 is 9.64 Å². The molecule has 3 rings (SSSR count). The smallest absolute Gasteiger partial charge is 0.227 e. The highest BCUT2D eigenvalue weighted by Gasteiger charge is 2.34. The highest BCUT2D eigenvalue weighted by atomic mass is 32.2. The molecule has 0 radical (unpaired) electrons. The molecule has 2 aliphatic rings.